The minimum Gasteiger partial charge on any atom is -0.365 e. The van der Waals surface area contributed by atoms with E-state index in [4.69, 9.17) is 10.00 Å². The minimum atomic E-state index is -0.339. The normalized spacial score (nSPS) is 28.0. The molecule has 1 N–H and O–H groups in total. The van der Waals surface area contributed by atoms with Crippen LogP contribution < -0.4 is 5.32 Å². The van der Waals surface area contributed by atoms with Gasteiger partial charge in [-0.1, -0.05) is 0 Å². The molecule has 0 aliphatic carbocycles. The summed E-state index contributed by atoms with van der Waals surface area (Å²) in [6.07, 6.45) is 1.51. The van der Waals surface area contributed by atoms with E-state index in [1.807, 2.05) is 13.0 Å². The SMILES string of the molecule is CC1CCC(C(=O)NCC#N)O1. The van der Waals surface area contributed by atoms with Gasteiger partial charge in [-0.05, 0) is 19.8 Å². The fourth-order valence-electron chi connectivity index (χ4n) is 1.24. The highest BCUT2D eigenvalue weighted by atomic mass is 16.5. The number of nitrogens with zero attached hydrogens (tertiary/aromatic N) is 1. The van der Waals surface area contributed by atoms with Gasteiger partial charge in [0.05, 0.1) is 12.2 Å². The summed E-state index contributed by atoms with van der Waals surface area (Å²) in [5, 5.41) is 10.7. The average molecular weight is 168 g/mol. The standard InChI is InChI=1S/C8H12N2O2/c1-6-2-3-7(12-6)8(11)10-5-4-9/h6-7H,2-3,5H2,1H3,(H,10,11). The van der Waals surface area contributed by atoms with Crippen molar-refractivity contribution in [1.82, 2.24) is 5.32 Å². The highest BCUT2D eigenvalue weighted by Crippen LogP contribution is 2.18. The minimum absolute atomic E-state index is 0.0626. The van der Waals surface area contributed by atoms with Crippen molar-refractivity contribution in [3.8, 4) is 6.07 Å². The highest BCUT2D eigenvalue weighted by molar-refractivity contribution is 5.81. The van der Waals surface area contributed by atoms with Crippen molar-refractivity contribution in [2.75, 3.05) is 6.54 Å². The van der Waals surface area contributed by atoms with Crippen LogP contribution in [0.1, 0.15) is 19.8 Å². The van der Waals surface area contributed by atoms with Gasteiger partial charge in [-0.3, -0.25) is 4.79 Å². The predicted octanol–water partition coefficient (Wildman–Crippen LogP) is 0.194. The third kappa shape index (κ3) is 2.21. The van der Waals surface area contributed by atoms with E-state index in [1.165, 1.54) is 0 Å². The zero-order valence-corrected chi connectivity index (χ0v) is 7.04. The first-order valence-electron chi connectivity index (χ1n) is 4.04. The Labute approximate surface area is 71.5 Å². The Morgan fingerprint density at radius 1 is 1.75 bits per heavy atom. The van der Waals surface area contributed by atoms with Crippen LogP contribution >= 0.6 is 0 Å². The topological polar surface area (TPSA) is 62.1 Å². The summed E-state index contributed by atoms with van der Waals surface area (Å²) < 4.78 is 5.30. The third-order valence-corrected chi connectivity index (χ3v) is 1.87. The number of amides is 1. The molecule has 0 spiro atoms. The van der Waals surface area contributed by atoms with Crippen LogP contribution in [0.5, 0.6) is 0 Å². The largest absolute Gasteiger partial charge is 0.365 e. The van der Waals surface area contributed by atoms with E-state index in [9.17, 15) is 4.79 Å². The molecule has 0 saturated carbocycles. The molecule has 66 valence electrons. The maximum atomic E-state index is 11.2. The van der Waals surface area contributed by atoms with Crippen LogP contribution in [0.3, 0.4) is 0 Å². The van der Waals surface area contributed by atoms with Crippen LogP contribution in [-0.2, 0) is 9.53 Å². The van der Waals surface area contributed by atoms with Gasteiger partial charge in [-0.25, -0.2) is 0 Å². The molecule has 1 aliphatic heterocycles. The van der Waals surface area contributed by atoms with Crippen LogP contribution in [0.2, 0.25) is 0 Å². The highest BCUT2D eigenvalue weighted by Gasteiger charge is 2.27. The molecule has 0 bridgehead atoms. The lowest BCUT2D eigenvalue weighted by molar-refractivity contribution is -0.131. The van der Waals surface area contributed by atoms with Crippen molar-refractivity contribution in [2.24, 2.45) is 0 Å². The van der Waals surface area contributed by atoms with E-state index in [0.717, 1.165) is 12.8 Å². The van der Waals surface area contributed by atoms with Gasteiger partial charge in [0, 0.05) is 0 Å². The van der Waals surface area contributed by atoms with E-state index in [-0.39, 0.29) is 24.7 Å². The van der Waals surface area contributed by atoms with Crippen molar-refractivity contribution in [3.05, 3.63) is 0 Å². The monoisotopic (exact) mass is 168 g/mol. The molecule has 4 nitrogen and oxygen atoms in total. The van der Waals surface area contributed by atoms with Gasteiger partial charge in [-0.2, -0.15) is 5.26 Å². The lowest BCUT2D eigenvalue weighted by Gasteiger charge is -2.09. The van der Waals surface area contributed by atoms with Crippen LogP contribution in [0.4, 0.5) is 0 Å². The predicted molar refractivity (Wildman–Crippen MR) is 42.2 cm³/mol. The average Bonchev–Trinajstić information content (AvgIpc) is 2.47. The molecule has 0 aromatic carbocycles. The van der Waals surface area contributed by atoms with Crippen molar-refractivity contribution < 1.29 is 9.53 Å². The van der Waals surface area contributed by atoms with E-state index >= 15 is 0 Å². The van der Waals surface area contributed by atoms with Gasteiger partial charge < -0.3 is 10.1 Å². The summed E-state index contributed by atoms with van der Waals surface area (Å²) >= 11 is 0. The van der Waals surface area contributed by atoms with Crippen LogP contribution in [0, 0.1) is 11.3 Å². The summed E-state index contributed by atoms with van der Waals surface area (Å²) in [6.45, 7) is 2.00. The van der Waals surface area contributed by atoms with E-state index in [1.54, 1.807) is 0 Å². The number of hydrogen-bond acceptors (Lipinski definition) is 3. The number of carbonyl (C=O) groups is 1. The first-order chi connectivity index (χ1) is 5.74. The van der Waals surface area contributed by atoms with Gasteiger partial charge in [0.15, 0.2) is 0 Å². The van der Waals surface area contributed by atoms with Crippen LogP contribution in [0.15, 0.2) is 0 Å². The molecular formula is C8H12N2O2. The molecule has 4 heteroatoms. The zero-order chi connectivity index (χ0) is 8.97. The summed E-state index contributed by atoms with van der Waals surface area (Å²) in [4.78, 5) is 11.2. The molecule has 0 radical (unpaired) electrons. The Balaban J connectivity index is 2.29. The number of hydrogen-bond donors (Lipinski definition) is 1. The molecule has 2 atom stereocenters. The maximum Gasteiger partial charge on any atom is 0.249 e. The number of nitrogens with one attached hydrogen (secondary N) is 1. The van der Waals surface area contributed by atoms with Crippen molar-refractivity contribution in [1.29, 1.82) is 5.26 Å². The second kappa shape index (κ2) is 4.07. The molecular weight excluding hydrogens is 156 g/mol. The van der Waals surface area contributed by atoms with Gasteiger partial charge >= 0.3 is 0 Å². The van der Waals surface area contributed by atoms with Crippen molar-refractivity contribution in [3.63, 3.8) is 0 Å². The molecule has 1 fully saturated rings. The molecule has 12 heavy (non-hydrogen) atoms. The molecule has 0 aromatic rings. The lowest BCUT2D eigenvalue weighted by atomic mass is 10.2. The Morgan fingerprint density at radius 2 is 2.50 bits per heavy atom. The summed E-state index contributed by atoms with van der Waals surface area (Å²) in [6, 6.07) is 1.85. The molecule has 0 aromatic heterocycles. The molecule has 1 rings (SSSR count). The Hall–Kier alpha value is -1.08. The second-order valence-electron chi connectivity index (χ2n) is 2.89. The number of carbonyl (C=O) groups excluding carboxylic acids is 1. The van der Waals surface area contributed by atoms with Crippen LogP contribution in [0.25, 0.3) is 0 Å². The second-order valence-corrected chi connectivity index (χ2v) is 2.89. The molecule has 2 unspecified atom stereocenters. The fourth-order valence-corrected chi connectivity index (χ4v) is 1.24. The Morgan fingerprint density at radius 3 is 3.00 bits per heavy atom. The Bertz CT molecular complexity index is 210. The quantitative estimate of drug-likeness (QED) is 0.599. The van der Waals surface area contributed by atoms with Gasteiger partial charge in [0.25, 0.3) is 0 Å². The van der Waals surface area contributed by atoms with E-state index < -0.39 is 0 Å². The number of rotatable bonds is 2. The van der Waals surface area contributed by atoms with E-state index in [2.05, 4.69) is 5.32 Å². The molecule has 1 saturated heterocycles. The smallest absolute Gasteiger partial charge is 0.249 e. The van der Waals surface area contributed by atoms with E-state index in [0.29, 0.717) is 0 Å². The van der Waals surface area contributed by atoms with Gasteiger partial charge in [0.1, 0.15) is 12.6 Å². The molecule has 1 heterocycles. The van der Waals surface area contributed by atoms with Crippen molar-refractivity contribution >= 4 is 5.91 Å². The van der Waals surface area contributed by atoms with Gasteiger partial charge in [-0.15, -0.1) is 0 Å². The summed E-state index contributed by atoms with van der Waals surface area (Å²) in [5.74, 6) is -0.166. The first-order valence-corrected chi connectivity index (χ1v) is 4.04. The molecule has 1 aliphatic rings. The number of nitriles is 1. The summed E-state index contributed by atoms with van der Waals surface area (Å²) in [7, 11) is 0. The first kappa shape index (κ1) is 9.01. The van der Waals surface area contributed by atoms with Crippen molar-refractivity contribution in [2.45, 2.75) is 32.0 Å². The van der Waals surface area contributed by atoms with Crippen LogP contribution in [-0.4, -0.2) is 24.7 Å². The lowest BCUT2D eigenvalue weighted by Crippen LogP contribution is -2.34. The third-order valence-electron chi connectivity index (χ3n) is 1.87. The summed E-state index contributed by atoms with van der Waals surface area (Å²) in [5.41, 5.74) is 0. The number of ether oxygens (including phenoxy) is 1. The zero-order valence-electron chi connectivity index (χ0n) is 7.04. The molecule has 1 amide bonds. The fraction of sp³-hybridized carbons (Fsp3) is 0.750. The van der Waals surface area contributed by atoms with Gasteiger partial charge in [0.2, 0.25) is 5.91 Å². The Kier molecular flexibility index (Phi) is 3.06. The maximum absolute atomic E-state index is 11.2.